The van der Waals surface area contributed by atoms with E-state index in [0.29, 0.717) is 24.8 Å². The highest BCUT2D eigenvalue weighted by Crippen LogP contribution is 2.33. The van der Waals surface area contributed by atoms with Crippen LogP contribution in [0, 0.1) is 5.92 Å². The molecule has 1 aromatic carbocycles. The molecular weight excluding hydrogens is 349 g/mol. The minimum absolute atomic E-state index is 0.0418. The normalized spacial score (nSPS) is 19.1. The second kappa shape index (κ2) is 7.84. The Morgan fingerprint density at radius 2 is 2.14 bits per heavy atom. The fourth-order valence-corrected chi connectivity index (χ4v) is 4.28. The van der Waals surface area contributed by atoms with Crippen LogP contribution in [0.4, 0.5) is 0 Å². The van der Waals surface area contributed by atoms with Gasteiger partial charge in [0, 0.05) is 25.8 Å². The highest BCUT2D eigenvalue weighted by atomic mass is 35.5. The van der Waals surface area contributed by atoms with Crippen molar-refractivity contribution in [3.63, 3.8) is 0 Å². The SMILES string of the molecule is COc1cc(Cl)c(S(=O)(=O)NCCC2CCCOC2)cc1Cl. The Hall–Kier alpha value is -0.530. The summed E-state index contributed by atoms with van der Waals surface area (Å²) in [5.74, 6) is 0.733. The van der Waals surface area contributed by atoms with E-state index in [1.54, 1.807) is 0 Å². The first kappa shape index (κ1) is 17.8. The van der Waals surface area contributed by atoms with Crippen molar-refractivity contribution in [2.45, 2.75) is 24.2 Å². The molecular formula is C14H19Cl2NO4S. The third kappa shape index (κ3) is 4.49. The second-order valence-corrected chi connectivity index (χ2v) is 7.74. The molecule has 0 spiro atoms. The number of rotatable bonds is 6. The molecule has 0 bridgehead atoms. The molecule has 22 heavy (non-hydrogen) atoms. The Morgan fingerprint density at radius 3 is 2.77 bits per heavy atom. The van der Waals surface area contributed by atoms with Crippen LogP contribution in [-0.4, -0.2) is 35.3 Å². The Bertz CT molecular complexity index is 616. The van der Waals surface area contributed by atoms with Crippen molar-refractivity contribution in [1.29, 1.82) is 0 Å². The van der Waals surface area contributed by atoms with Crippen molar-refractivity contribution >= 4 is 33.2 Å². The van der Waals surface area contributed by atoms with Crippen LogP contribution in [0.3, 0.4) is 0 Å². The van der Waals surface area contributed by atoms with Gasteiger partial charge in [0.2, 0.25) is 10.0 Å². The van der Waals surface area contributed by atoms with E-state index in [0.717, 1.165) is 25.9 Å². The van der Waals surface area contributed by atoms with Crippen molar-refractivity contribution in [1.82, 2.24) is 4.72 Å². The third-order valence-electron chi connectivity index (χ3n) is 3.60. The molecule has 0 saturated carbocycles. The van der Waals surface area contributed by atoms with Crippen LogP contribution >= 0.6 is 23.2 Å². The molecule has 1 atom stereocenters. The van der Waals surface area contributed by atoms with Gasteiger partial charge in [-0.05, 0) is 31.2 Å². The van der Waals surface area contributed by atoms with Gasteiger partial charge in [-0.15, -0.1) is 0 Å². The van der Waals surface area contributed by atoms with Crippen LogP contribution in [0.1, 0.15) is 19.3 Å². The Kier molecular flexibility index (Phi) is 6.35. The molecule has 1 fully saturated rings. The quantitative estimate of drug-likeness (QED) is 0.838. The summed E-state index contributed by atoms with van der Waals surface area (Å²) in [6.07, 6.45) is 2.83. The maximum atomic E-state index is 12.3. The maximum absolute atomic E-state index is 12.3. The van der Waals surface area contributed by atoms with Gasteiger partial charge in [0.05, 0.1) is 17.2 Å². The number of methoxy groups -OCH3 is 1. The molecule has 8 heteroatoms. The first-order valence-corrected chi connectivity index (χ1v) is 9.28. The first-order chi connectivity index (χ1) is 10.4. The van der Waals surface area contributed by atoms with Crippen LogP contribution in [0.5, 0.6) is 5.75 Å². The summed E-state index contributed by atoms with van der Waals surface area (Å²) in [6.45, 7) is 1.83. The molecule has 0 aliphatic carbocycles. The van der Waals surface area contributed by atoms with Gasteiger partial charge in [-0.3, -0.25) is 0 Å². The summed E-state index contributed by atoms with van der Waals surface area (Å²) in [6, 6.07) is 2.70. The zero-order chi connectivity index (χ0) is 16.2. The average molecular weight is 368 g/mol. The van der Waals surface area contributed by atoms with E-state index in [9.17, 15) is 8.42 Å². The second-order valence-electron chi connectivity index (χ2n) is 5.19. The van der Waals surface area contributed by atoms with E-state index in [1.807, 2.05) is 0 Å². The van der Waals surface area contributed by atoms with Gasteiger partial charge < -0.3 is 9.47 Å². The van der Waals surface area contributed by atoms with E-state index in [1.165, 1.54) is 19.2 Å². The Balaban J connectivity index is 2.02. The van der Waals surface area contributed by atoms with Gasteiger partial charge >= 0.3 is 0 Å². The predicted molar refractivity (Wildman–Crippen MR) is 86.4 cm³/mol. The molecule has 1 heterocycles. The molecule has 124 valence electrons. The fraction of sp³-hybridized carbons (Fsp3) is 0.571. The summed E-state index contributed by atoms with van der Waals surface area (Å²) in [5.41, 5.74) is 0. The number of ether oxygens (including phenoxy) is 2. The number of halogens is 2. The standard InChI is InChI=1S/C14H19Cl2NO4S/c1-20-13-7-12(16)14(8-11(13)15)22(18,19)17-5-4-10-3-2-6-21-9-10/h7-8,10,17H,2-6,9H2,1H3. The minimum atomic E-state index is -3.70. The summed E-state index contributed by atoms with van der Waals surface area (Å²) in [7, 11) is -2.26. The lowest BCUT2D eigenvalue weighted by Gasteiger charge is -2.22. The molecule has 0 aromatic heterocycles. The zero-order valence-corrected chi connectivity index (χ0v) is 14.6. The molecule has 1 N–H and O–H groups in total. The monoisotopic (exact) mass is 367 g/mol. The van der Waals surface area contributed by atoms with E-state index >= 15 is 0 Å². The number of nitrogens with one attached hydrogen (secondary N) is 1. The van der Waals surface area contributed by atoms with Crippen molar-refractivity contribution in [2.75, 3.05) is 26.9 Å². The van der Waals surface area contributed by atoms with Crippen LogP contribution in [0.15, 0.2) is 17.0 Å². The molecule has 1 unspecified atom stereocenters. The van der Waals surface area contributed by atoms with Gasteiger partial charge in [-0.25, -0.2) is 13.1 Å². The topological polar surface area (TPSA) is 64.6 Å². The van der Waals surface area contributed by atoms with Crippen molar-refractivity contribution in [3.8, 4) is 5.75 Å². The van der Waals surface area contributed by atoms with Gasteiger partial charge in [0.1, 0.15) is 10.6 Å². The fourth-order valence-electron chi connectivity index (χ4n) is 2.38. The molecule has 2 rings (SSSR count). The summed E-state index contributed by atoms with van der Waals surface area (Å²) >= 11 is 12.0. The van der Waals surface area contributed by atoms with E-state index < -0.39 is 10.0 Å². The van der Waals surface area contributed by atoms with Gasteiger partial charge in [0.15, 0.2) is 0 Å². The largest absolute Gasteiger partial charge is 0.495 e. The molecule has 1 aromatic rings. The maximum Gasteiger partial charge on any atom is 0.242 e. The van der Waals surface area contributed by atoms with Crippen LogP contribution in [-0.2, 0) is 14.8 Å². The third-order valence-corrected chi connectivity index (χ3v) is 5.82. The van der Waals surface area contributed by atoms with E-state index in [2.05, 4.69) is 4.72 Å². The molecule has 0 radical (unpaired) electrons. The van der Waals surface area contributed by atoms with E-state index in [-0.39, 0.29) is 14.9 Å². The molecule has 1 aliphatic rings. The summed E-state index contributed by atoms with van der Waals surface area (Å²) in [4.78, 5) is -0.0418. The molecule has 5 nitrogen and oxygen atoms in total. The van der Waals surface area contributed by atoms with Crippen LogP contribution < -0.4 is 9.46 Å². The lowest BCUT2D eigenvalue weighted by atomic mass is 9.99. The minimum Gasteiger partial charge on any atom is -0.495 e. The summed E-state index contributed by atoms with van der Waals surface area (Å²) in [5, 5.41) is 0.280. The smallest absolute Gasteiger partial charge is 0.242 e. The lowest BCUT2D eigenvalue weighted by Crippen LogP contribution is -2.28. The van der Waals surface area contributed by atoms with E-state index in [4.69, 9.17) is 32.7 Å². The van der Waals surface area contributed by atoms with Gasteiger partial charge in [-0.2, -0.15) is 0 Å². The average Bonchev–Trinajstić information content (AvgIpc) is 2.50. The summed E-state index contributed by atoms with van der Waals surface area (Å²) < 4.78 is 37.6. The number of benzene rings is 1. The van der Waals surface area contributed by atoms with Gasteiger partial charge in [0.25, 0.3) is 0 Å². The Labute approximate surface area is 140 Å². The number of sulfonamides is 1. The van der Waals surface area contributed by atoms with Crippen LogP contribution in [0.2, 0.25) is 10.0 Å². The van der Waals surface area contributed by atoms with Gasteiger partial charge in [-0.1, -0.05) is 23.2 Å². The Morgan fingerprint density at radius 1 is 1.36 bits per heavy atom. The number of hydrogen-bond acceptors (Lipinski definition) is 4. The van der Waals surface area contributed by atoms with Crippen molar-refractivity contribution < 1.29 is 17.9 Å². The molecule has 0 amide bonds. The van der Waals surface area contributed by atoms with Crippen molar-refractivity contribution in [3.05, 3.63) is 22.2 Å². The zero-order valence-electron chi connectivity index (χ0n) is 12.3. The number of hydrogen-bond donors (Lipinski definition) is 1. The predicted octanol–water partition coefficient (Wildman–Crippen LogP) is 3.10. The molecule has 1 aliphatic heterocycles. The highest BCUT2D eigenvalue weighted by Gasteiger charge is 2.21. The highest BCUT2D eigenvalue weighted by molar-refractivity contribution is 7.89. The lowest BCUT2D eigenvalue weighted by molar-refractivity contribution is 0.0523. The van der Waals surface area contributed by atoms with Crippen LogP contribution in [0.25, 0.3) is 0 Å². The first-order valence-electron chi connectivity index (χ1n) is 7.04. The van der Waals surface area contributed by atoms with Crippen molar-refractivity contribution in [2.24, 2.45) is 5.92 Å². The molecule has 1 saturated heterocycles.